The molecule has 98 valence electrons. The van der Waals surface area contributed by atoms with Crippen LogP contribution in [0.25, 0.3) is 11.3 Å². The van der Waals surface area contributed by atoms with Crippen molar-refractivity contribution >= 4 is 5.82 Å². The first-order valence-corrected chi connectivity index (χ1v) is 7.18. The molecule has 1 aromatic carbocycles. The number of benzene rings is 1. The molecule has 3 nitrogen and oxygen atoms in total. The molecule has 2 saturated carbocycles. The minimum atomic E-state index is 0.613. The van der Waals surface area contributed by atoms with Gasteiger partial charge in [-0.15, -0.1) is 0 Å². The van der Waals surface area contributed by atoms with E-state index in [0.29, 0.717) is 12.0 Å². The molecule has 4 rings (SSSR count). The smallest absolute Gasteiger partial charge is 0.132 e. The van der Waals surface area contributed by atoms with Gasteiger partial charge in [-0.05, 0) is 38.7 Å². The average Bonchev–Trinajstić information content (AvgIpc) is 3.28. The molecule has 3 heteroatoms. The van der Waals surface area contributed by atoms with E-state index < -0.39 is 0 Å². The summed E-state index contributed by atoms with van der Waals surface area (Å²) in [6.45, 7) is 2.11. The van der Waals surface area contributed by atoms with Gasteiger partial charge in [0.2, 0.25) is 0 Å². The predicted molar refractivity (Wildman–Crippen MR) is 77.1 cm³/mol. The molecule has 2 aliphatic rings. The first-order chi connectivity index (χ1) is 9.24. The molecule has 2 N–H and O–H groups in total. The van der Waals surface area contributed by atoms with E-state index in [-0.39, 0.29) is 0 Å². The van der Waals surface area contributed by atoms with Crippen molar-refractivity contribution in [1.82, 2.24) is 9.55 Å². The second kappa shape index (κ2) is 3.86. The topological polar surface area (TPSA) is 43.8 Å². The SMILES string of the molecule is Cc1cccc(-c2nc(C3CC3)n(C3CC3)c2N)c1. The number of rotatable bonds is 3. The molecule has 1 aromatic heterocycles. The van der Waals surface area contributed by atoms with Gasteiger partial charge >= 0.3 is 0 Å². The number of hydrogen-bond acceptors (Lipinski definition) is 2. The highest BCUT2D eigenvalue weighted by Gasteiger charge is 2.36. The van der Waals surface area contributed by atoms with Gasteiger partial charge in [-0.3, -0.25) is 0 Å². The molecule has 0 atom stereocenters. The van der Waals surface area contributed by atoms with Crippen LogP contribution in [0, 0.1) is 6.92 Å². The van der Waals surface area contributed by atoms with Crippen LogP contribution >= 0.6 is 0 Å². The molecule has 1 heterocycles. The maximum Gasteiger partial charge on any atom is 0.132 e. The highest BCUT2D eigenvalue weighted by molar-refractivity contribution is 5.72. The van der Waals surface area contributed by atoms with Crippen molar-refractivity contribution in [3.8, 4) is 11.3 Å². The highest BCUT2D eigenvalue weighted by Crippen LogP contribution is 2.48. The van der Waals surface area contributed by atoms with Crippen LogP contribution in [0.2, 0.25) is 0 Å². The second-order valence-electron chi connectivity index (χ2n) is 5.95. The van der Waals surface area contributed by atoms with Gasteiger partial charge in [0.1, 0.15) is 17.3 Å². The van der Waals surface area contributed by atoms with Gasteiger partial charge in [-0.1, -0.05) is 23.8 Å². The van der Waals surface area contributed by atoms with E-state index >= 15 is 0 Å². The molecular formula is C16H19N3. The Hall–Kier alpha value is -1.77. The maximum atomic E-state index is 6.39. The summed E-state index contributed by atoms with van der Waals surface area (Å²) in [5.74, 6) is 2.76. The van der Waals surface area contributed by atoms with Crippen molar-refractivity contribution in [2.75, 3.05) is 5.73 Å². The van der Waals surface area contributed by atoms with Gasteiger partial charge in [0.25, 0.3) is 0 Å². The monoisotopic (exact) mass is 253 g/mol. The van der Waals surface area contributed by atoms with Gasteiger partial charge in [0.05, 0.1) is 0 Å². The summed E-state index contributed by atoms with van der Waals surface area (Å²) < 4.78 is 2.31. The lowest BCUT2D eigenvalue weighted by Crippen LogP contribution is -2.04. The summed E-state index contributed by atoms with van der Waals surface area (Å²) >= 11 is 0. The minimum Gasteiger partial charge on any atom is -0.383 e. The van der Waals surface area contributed by atoms with Crippen LogP contribution in [0.5, 0.6) is 0 Å². The summed E-state index contributed by atoms with van der Waals surface area (Å²) in [6, 6.07) is 9.09. The van der Waals surface area contributed by atoms with Crippen molar-refractivity contribution in [3.05, 3.63) is 35.7 Å². The first-order valence-electron chi connectivity index (χ1n) is 7.18. The van der Waals surface area contributed by atoms with Crippen molar-refractivity contribution in [1.29, 1.82) is 0 Å². The second-order valence-corrected chi connectivity index (χ2v) is 5.95. The Bertz CT molecular complexity index is 633. The Morgan fingerprint density at radius 3 is 2.63 bits per heavy atom. The van der Waals surface area contributed by atoms with Crippen molar-refractivity contribution in [2.45, 2.75) is 44.6 Å². The normalized spacial score (nSPS) is 18.8. The highest BCUT2D eigenvalue weighted by atomic mass is 15.2. The fourth-order valence-electron chi connectivity index (χ4n) is 2.81. The van der Waals surface area contributed by atoms with Crippen LogP contribution in [0.4, 0.5) is 5.82 Å². The van der Waals surface area contributed by atoms with Gasteiger partial charge < -0.3 is 10.3 Å². The van der Waals surface area contributed by atoms with Gasteiger partial charge in [-0.2, -0.15) is 0 Å². The Labute approximate surface area is 113 Å². The lowest BCUT2D eigenvalue weighted by atomic mass is 10.1. The largest absolute Gasteiger partial charge is 0.383 e. The van der Waals surface area contributed by atoms with Crippen molar-refractivity contribution < 1.29 is 0 Å². The van der Waals surface area contributed by atoms with Crippen LogP contribution in [0.1, 0.15) is 49.0 Å². The molecule has 0 amide bonds. The maximum absolute atomic E-state index is 6.39. The van der Waals surface area contributed by atoms with Crippen LogP contribution in [0.3, 0.4) is 0 Å². The Morgan fingerprint density at radius 2 is 2.00 bits per heavy atom. The summed E-state index contributed by atoms with van der Waals surface area (Å²) in [7, 11) is 0. The van der Waals surface area contributed by atoms with Crippen molar-refractivity contribution in [3.63, 3.8) is 0 Å². The van der Waals surface area contributed by atoms with Gasteiger partial charge in [0.15, 0.2) is 0 Å². The number of nitrogens with zero attached hydrogens (tertiary/aromatic N) is 2. The summed E-state index contributed by atoms with van der Waals surface area (Å²) in [4.78, 5) is 4.88. The zero-order chi connectivity index (χ0) is 13.0. The summed E-state index contributed by atoms with van der Waals surface area (Å²) in [5, 5.41) is 0. The molecule has 0 radical (unpaired) electrons. The molecule has 2 aromatic rings. The quantitative estimate of drug-likeness (QED) is 0.907. The number of aryl methyl sites for hydroxylation is 1. The third-order valence-electron chi connectivity index (χ3n) is 4.12. The van der Waals surface area contributed by atoms with Crippen LogP contribution in [-0.2, 0) is 0 Å². The Morgan fingerprint density at radius 1 is 1.21 bits per heavy atom. The van der Waals surface area contributed by atoms with E-state index in [4.69, 9.17) is 10.7 Å². The number of nitrogen functional groups attached to an aromatic ring is 1. The van der Waals surface area contributed by atoms with Crippen LogP contribution in [-0.4, -0.2) is 9.55 Å². The van der Waals surface area contributed by atoms with E-state index in [2.05, 4.69) is 35.8 Å². The third-order valence-corrected chi connectivity index (χ3v) is 4.12. The van der Waals surface area contributed by atoms with Crippen molar-refractivity contribution in [2.24, 2.45) is 0 Å². The molecule has 19 heavy (non-hydrogen) atoms. The zero-order valence-electron chi connectivity index (χ0n) is 11.3. The standard InChI is InChI=1S/C16H19N3/c1-10-3-2-4-12(9-10)14-15(17)19(13-7-8-13)16(18-14)11-5-6-11/h2-4,9,11,13H,5-8,17H2,1H3. The van der Waals surface area contributed by atoms with E-state index in [1.165, 1.54) is 37.1 Å². The molecular weight excluding hydrogens is 234 g/mol. The lowest BCUT2D eigenvalue weighted by Gasteiger charge is -2.07. The molecule has 0 unspecified atom stereocenters. The molecule has 2 fully saturated rings. The van der Waals surface area contributed by atoms with E-state index in [0.717, 1.165) is 17.1 Å². The fourth-order valence-corrected chi connectivity index (χ4v) is 2.81. The average molecular weight is 253 g/mol. The number of imidazole rings is 1. The lowest BCUT2D eigenvalue weighted by molar-refractivity contribution is 0.691. The summed E-state index contributed by atoms with van der Waals surface area (Å²) in [6.07, 6.45) is 5.06. The number of aromatic nitrogens is 2. The van der Waals surface area contributed by atoms with Gasteiger partial charge in [0, 0.05) is 17.5 Å². The number of hydrogen-bond donors (Lipinski definition) is 1. The Kier molecular flexibility index (Phi) is 2.25. The number of anilines is 1. The van der Waals surface area contributed by atoms with Crippen LogP contribution in [0.15, 0.2) is 24.3 Å². The molecule has 0 aliphatic heterocycles. The predicted octanol–water partition coefficient (Wildman–Crippen LogP) is 3.65. The first kappa shape index (κ1) is 11.1. The third kappa shape index (κ3) is 1.84. The van der Waals surface area contributed by atoms with E-state index in [9.17, 15) is 0 Å². The molecule has 2 aliphatic carbocycles. The molecule has 0 spiro atoms. The molecule has 0 bridgehead atoms. The molecule has 0 saturated heterocycles. The zero-order valence-corrected chi connectivity index (χ0v) is 11.3. The van der Waals surface area contributed by atoms with E-state index in [1.807, 2.05) is 0 Å². The van der Waals surface area contributed by atoms with Crippen LogP contribution < -0.4 is 5.73 Å². The number of nitrogens with two attached hydrogens (primary N) is 1. The van der Waals surface area contributed by atoms with Gasteiger partial charge in [-0.25, -0.2) is 4.98 Å². The fraction of sp³-hybridized carbons (Fsp3) is 0.438. The summed E-state index contributed by atoms with van der Waals surface area (Å²) in [5.41, 5.74) is 9.78. The minimum absolute atomic E-state index is 0.613. The van der Waals surface area contributed by atoms with E-state index in [1.54, 1.807) is 0 Å². The Balaban J connectivity index is 1.86.